The molecule has 7 nitrogen and oxygen atoms in total. The van der Waals surface area contributed by atoms with E-state index >= 15 is 0 Å². The molecular formula is C15H9ClF2N2O5. The summed E-state index contributed by atoms with van der Waals surface area (Å²) in [5.41, 5.74) is -1.28. The molecule has 0 fully saturated rings. The Morgan fingerprint density at radius 1 is 1.20 bits per heavy atom. The van der Waals surface area contributed by atoms with Crippen LogP contribution in [0.2, 0.25) is 5.02 Å². The first-order chi connectivity index (χ1) is 11.8. The molecule has 0 aromatic heterocycles. The number of anilines is 1. The van der Waals surface area contributed by atoms with E-state index in [0.717, 1.165) is 24.3 Å². The first kappa shape index (κ1) is 18.3. The number of nitro groups is 1. The molecule has 0 unspecified atom stereocenters. The van der Waals surface area contributed by atoms with Gasteiger partial charge in [0.05, 0.1) is 10.6 Å². The summed E-state index contributed by atoms with van der Waals surface area (Å²) >= 11 is 5.63. The van der Waals surface area contributed by atoms with Gasteiger partial charge < -0.3 is 10.1 Å². The number of hydrogen-bond donors (Lipinski definition) is 1. The van der Waals surface area contributed by atoms with Gasteiger partial charge in [-0.2, -0.15) is 0 Å². The van der Waals surface area contributed by atoms with Crippen molar-refractivity contribution in [2.24, 2.45) is 0 Å². The predicted molar refractivity (Wildman–Crippen MR) is 83.4 cm³/mol. The average molecular weight is 371 g/mol. The van der Waals surface area contributed by atoms with Gasteiger partial charge in [0.2, 0.25) is 0 Å². The highest BCUT2D eigenvalue weighted by atomic mass is 35.5. The normalized spacial score (nSPS) is 10.2. The number of carbonyl (C=O) groups excluding carboxylic acids is 2. The van der Waals surface area contributed by atoms with Crippen molar-refractivity contribution in [3.8, 4) is 0 Å². The summed E-state index contributed by atoms with van der Waals surface area (Å²) in [6.07, 6.45) is 0. The number of amides is 1. The van der Waals surface area contributed by atoms with Crippen LogP contribution in [0, 0.1) is 21.7 Å². The first-order valence-corrected chi connectivity index (χ1v) is 7.01. The third kappa shape index (κ3) is 4.70. The zero-order valence-electron chi connectivity index (χ0n) is 12.3. The number of esters is 1. The maximum atomic E-state index is 13.4. The highest BCUT2D eigenvalue weighted by Crippen LogP contribution is 2.24. The molecule has 0 heterocycles. The zero-order valence-corrected chi connectivity index (χ0v) is 13.0. The third-order valence-electron chi connectivity index (χ3n) is 2.92. The number of ether oxygens (including phenoxy) is 1. The van der Waals surface area contributed by atoms with Crippen LogP contribution >= 0.6 is 11.6 Å². The van der Waals surface area contributed by atoms with E-state index in [0.29, 0.717) is 6.07 Å². The number of hydrogen-bond acceptors (Lipinski definition) is 5. The lowest BCUT2D eigenvalue weighted by Crippen LogP contribution is -2.21. The number of nitrogens with zero attached hydrogens (tertiary/aromatic N) is 1. The molecule has 1 N–H and O–H groups in total. The fraction of sp³-hybridized carbons (Fsp3) is 0.0667. The van der Waals surface area contributed by atoms with E-state index in [1.807, 2.05) is 0 Å². The Bertz CT molecular complexity index is 860. The molecule has 0 aliphatic rings. The van der Waals surface area contributed by atoms with Crippen LogP contribution in [0.25, 0.3) is 0 Å². The molecule has 0 saturated heterocycles. The molecule has 0 spiro atoms. The molecule has 0 saturated carbocycles. The Morgan fingerprint density at radius 2 is 1.92 bits per heavy atom. The van der Waals surface area contributed by atoms with E-state index in [-0.39, 0.29) is 10.7 Å². The number of rotatable bonds is 5. The summed E-state index contributed by atoms with van der Waals surface area (Å²) < 4.78 is 30.8. The van der Waals surface area contributed by atoms with Crippen LogP contribution in [0.5, 0.6) is 0 Å². The van der Waals surface area contributed by atoms with Crippen molar-refractivity contribution in [3.05, 3.63) is 68.7 Å². The molecule has 2 aromatic carbocycles. The average Bonchev–Trinajstić information content (AvgIpc) is 2.55. The highest BCUT2D eigenvalue weighted by Gasteiger charge is 2.22. The minimum Gasteiger partial charge on any atom is -0.452 e. The summed E-state index contributed by atoms with van der Waals surface area (Å²) in [5.74, 6) is -3.86. The lowest BCUT2D eigenvalue weighted by Gasteiger charge is -2.08. The minimum absolute atomic E-state index is 0.0489. The van der Waals surface area contributed by atoms with E-state index in [1.54, 1.807) is 0 Å². The van der Waals surface area contributed by atoms with E-state index in [1.165, 1.54) is 6.07 Å². The van der Waals surface area contributed by atoms with E-state index < -0.39 is 46.3 Å². The Hall–Kier alpha value is -3.07. The van der Waals surface area contributed by atoms with Crippen LogP contribution in [0.4, 0.5) is 20.2 Å². The van der Waals surface area contributed by atoms with Gasteiger partial charge >= 0.3 is 5.97 Å². The van der Waals surface area contributed by atoms with Crippen molar-refractivity contribution in [1.82, 2.24) is 0 Å². The van der Waals surface area contributed by atoms with Crippen LogP contribution in [0.15, 0.2) is 36.4 Å². The van der Waals surface area contributed by atoms with Crippen molar-refractivity contribution in [2.45, 2.75) is 0 Å². The van der Waals surface area contributed by atoms with Crippen molar-refractivity contribution < 1.29 is 28.0 Å². The van der Waals surface area contributed by atoms with Crippen LogP contribution in [0.3, 0.4) is 0 Å². The molecule has 130 valence electrons. The SMILES string of the molecule is O=C(COC(=O)c1ccc(Cl)cc1[N+](=O)[O-])Nc1ccc(F)cc1F. The largest absolute Gasteiger partial charge is 0.452 e. The third-order valence-corrected chi connectivity index (χ3v) is 3.15. The molecule has 1 amide bonds. The van der Waals surface area contributed by atoms with Crippen LogP contribution in [-0.2, 0) is 9.53 Å². The second-order valence-electron chi connectivity index (χ2n) is 4.67. The maximum absolute atomic E-state index is 13.4. The molecule has 25 heavy (non-hydrogen) atoms. The molecule has 10 heteroatoms. The molecule has 0 bridgehead atoms. The molecular weight excluding hydrogens is 362 g/mol. The molecule has 0 radical (unpaired) electrons. The van der Waals surface area contributed by atoms with Gasteiger partial charge in [-0.1, -0.05) is 11.6 Å². The second-order valence-corrected chi connectivity index (χ2v) is 5.10. The van der Waals surface area contributed by atoms with Crippen molar-refractivity contribution in [3.63, 3.8) is 0 Å². The zero-order chi connectivity index (χ0) is 18.6. The summed E-state index contributed by atoms with van der Waals surface area (Å²) in [5, 5.41) is 13.0. The van der Waals surface area contributed by atoms with Crippen LogP contribution in [0.1, 0.15) is 10.4 Å². The van der Waals surface area contributed by atoms with E-state index in [2.05, 4.69) is 10.1 Å². The Balaban J connectivity index is 2.02. The number of halogens is 3. The summed E-state index contributed by atoms with van der Waals surface area (Å²) in [7, 11) is 0. The number of nitrogens with one attached hydrogen (secondary N) is 1. The quantitative estimate of drug-likeness (QED) is 0.494. The fourth-order valence-electron chi connectivity index (χ4n) is 1.81. The summed E-state index contributed by atoms with van der Waals surface area (Å²) in [6.45, 7) is -0.824. The second kappa shape index (κ2) is 7.67. The van der Waals surface area contributed by atoms with Gasteiger partial charge in [0.25, 0.3) is 11.6 Å². The highest BCUT2D eigenvalue weighted by molar-refractivity contribution is 6.31. The Labute approximate surface area is 144 Å². The van der Waals surface area contributed by atoms with Crippen LogP contribution in [-0.4, -0.2) is 23.4 Å². The van der Waals surface area contributed by atoms with Gasteiger partial charge in [-0.25, -0.2) is 13.6 Å². The molecule has 0 aliphatic carbocycles. The minimum atomic E-state index is -1.13. The van der Waals surface area contributed by atoms with E-state index in [4.69, 9.17) is 11.6 Å². The van der Waals surface area contributed by atoms with Gasteiger partial charge in [-0.05, 0) is 24.3 Å². The summed E-state index contributed by atoms with van der Waals surface area (Å²) in [6, 6.07) is 5.79. The topological polar surface area (TPSA) is 98.5 Å². The lowest BCUT2D eigenvalue weighted by molar-refractivity contribution is -0.385. The predicted octanol–water partition coefficient (Wildman–Crippen LogP) is 3.32. The maximum Gasteiger partial charge on any atom is 0.345 e. The van der Waals surface area contributed by atoms with Gasteiger partial charge in [-0.15, -0.1) is 0 Å². The van der Waals surface area contributed by atoms with Gasteiger partial charge in [0.1, 0.15) is 17.2 Å². The van der Waals surface area contributed by atoms with Gasteiger partial charge in [0, 0.05) is 17.2 Å². The monoisotopic (exact) mass is 370 g/mol. The lowest BCUT2D eigenvalue weighted by atomic mass is 10.2. The Morgan fingerprint density at radius 3 is 2.56 bits per heavy atom. The van der Waals surface area contributed by atoms with Gasteiger partial charge in [0.15, 0.2) is 6.61 Å². The standard InChI is InChI=1S/C15H9ClF2N2O5/c16-8-1-3-10(13(5-8)20(23)24)15(22)25-7-14(21)19-12-4-2-9(17)6-11(12)18/h1-6H,7H2,(H,19,21). The Kier molecular flexibility index (Phi) is 5.60. The molecule has 2 rings (SSSR count). The first-order valence-electron chi connectivity index (χ1n) is 6.64. The van der Waals surface area contributed by atoms with E-state index in [9.17, 15) is 28.5 Å². The van der Waals surface area contributed by atoms with Crippen LogP contribution < -0.4 is 5.32 Å². The summed E-state index contributed by atoms with van der Waals surface area (Å²) in [4.78, 5) is 33.6. The number of nitro benzene ring substituents is 1. The van der Waals surface area contributed by atoms with Gasteiger partial charge in [-0.3, -0.25) is 14.9 Å². The molecule has 0 atom stereocenters. The van der Waals surface area contributed by atoms with Crippen molar-refractivity contribution in [2.75, 3.05) is 11.9 Å². The number of carbonyl (C=O) groups is 2. The fourth-order valence-corrected chi connectivity index (χ4v) is 1.98. The van der Waals surface area contributed by atoms with Crippen molar-refractivity contribution in [1.29, 1.82) is 0 Å². The molecule has 2 aromatic rings. The molecule has 0 aliphatic heterocycles. The smallest absolute Gasteiger partial charge is 0.345 e. The number of benzene rings is 2. The van der Waals surface area contributed by atoms with Crippen molar-refractivity contribution >= 4 is 34.9 Å².